The highest BCUT2D eigenvalue weighted by Crippen LogP contribution is 2.30. The van der Waals surface area contributed by atoms with Gasteiger partial charge in [0, 0.05) is 17.8 Å². The van der Waals surface area contributed by atoms with Crippen LogP contribution in [0.25, 0.3) is 6.08 Å². The van der Waals surface area contributed by atoms with E-state index in [1.807, 2.05) is 6.07 Å². The number of carbonyl (C=O) groups is 1. The summed E-state index contributed by atoms with van der Waals surface area (Å²) in [6, 6.07) is 11.9. The number of methoxy groups -OCH3 is 4. The molecule has 0 aliphatic heterocycles. The monoisotopic (exact) mass is 368 g/mol. The second-order valence-electron chi connectivity index (χ2n) is 5.34. The molecule has 0 unspecified atom stereocenters. The van der Waals surface area contributed by atoms with Crippen molar-refractivity contribution in [1.29, 1.82) is 5.26 Å². The van der Waals surface area contributed by atoms with Crippen molar-refractivity contribution in [2.24, 2.45) is 0 Å². The highest BCUT2D eigenvalue weighted by Gasteiger charge is 2.12. The predicted octanol–water partition coefficient (Wildman–Crippen LogP) is 3.27. The molecule has 0 saturated carbocycles. The fourth-order valence-electron chi connectivity index (χ4n) is 2.34. The molecule has 0 saturated heterocycles. The van der Waals surface area contributed by atoms with E-state index < -0.39 is 5.91 Å². The van der Waals surface area contributed by atoms with Gasteiger partial charge in [0.05, 0.1) is 28.4 Å². The maximum atomic E-state index is 12.5. The lowest BCUT2D eigenvalue weighted by Crippen LogP contribution is -2.13. The Bertz CT molecular complexity index is 877. The van der Waals surface area contributed by atoms with Crippen LogP contribution in [0.4, 0.5) is 5.69 Å². The van der Waals surface area contributed by atoms with Gasteiger partial charge in [-0.1, -0.05) is 0 Å². The summed E-state index contributed by atoms with van der Waals surface area (Å²) in [4.78, 5) is 12.5. The van der Waals surface area contributed by atoms with E-state index in [0.717, 1.165) is 0 Å². The Kier molecular flexibility index (Phi) is 6.67. The molecule has 27 heavy (non-hydrogen) atoms. The summed E-state index contributed by atoms with van der Waals surface area (Å²) in [5.41, 5.74) is 1.01. The molecule has 2 aromatic carbocycles. The largest absolute Gasteiger partial charge is 0.497 e. The normalized spacial score (nSPS) is 10.6. The Balaban J connectivity index is 2.28. The van der Waals surface area contributed by atoms with Crippen molar-refractivity contribution in [3.63, 3.8) is 0 Å². The molecule has 1 amide bonds. The van der Waals surface area contributed by atoms with Gasteiger partial charge in [0.2, 0.25) is 0 Å². The number of carbonyl (C=O) groups excluding carboxylic acids is 1. The number of anilines is 1. The summed E-state index contributed by atoms with van der Waals surface area (Å²) >= 11 is 0. The molecule has 2 aromatic rings. The zero-order chi connectivity index (χ0) is 19.8. The van der Waals surface area contributed by atoms with Crippen LogP contribution >= 0.6 is 0 Å². The van der Waals surface area contributed by atoms with Crippen LogP contribution in [0, 0.1) is 11.3 Å². The number of hydrogen-bond acceptors (Lipinski definition) is 6. The van der Waals surface area contributed by atoms with Gasteiger partial charge in [-0.2, -0.15) is 5.26 Å². The average Bonchev–Trinajstić information content (AvgIpc) is 2.71. The molecule has 0 aliphatic carbocycles. The molecule has 0 heterocycles. The van der Waals surface area contributed by atoms with Crippen molar-refractivity contribution in [3.05, 3.63) is 47.5 Å². The number of ether oxygens (including phenoxy) is 4. The highest BCUT2D eigenvalue weighted by molar-refractivity contribution is 6.09. The van der Waals surface area contributed by atoms with Gasteiger partial charge in [-0.05, 0) is 35.9 Å². The molecule has 0 aromatic heterocycles. The number of benzene rings is 2. The summed E-state index contributed by atoms with van der Waals surface area (Å²) in [7, 11) is 6.07. The number of hydrogen-bond donors (Lipinski definition) is 1. The number of nitriles is 1. The maximum absolute atomic E-state index is 12.5. The molecule has 7 heteroatoms. The molecule has 1 N–H and O–H groups in total. The van der Waals surface area contributed by atoms with E-state index in [-0.39, 0.29) is 5.57 Å². The molecule has 2 rings (SSSR count). The van der Waals surface area contributed by atoms with E-state index in [0.29, 0.717) is 34.2 Å². The topological polar surface area (TPSA) is 89.8 Å². The molecule has 0 fully saturated rings. The SMILES string of the molecule is COc1cc(/C=C(\C#N)C(=O)Nc2ccc(OC)c(OC)c2)cc(OC)c1. The fourth-order valence-corrected chi connectivity index (χ4v) is 2.34. The van der Waals surface area contributed by atoms with E-state index in [2.05, 4.69) is 5.32 Å². The smallest absolute Gasteiger partial charge is 0.266 e. The predicted molar refractivity (Wildman–Crippen MR) is 101 cm³/mol. The summed E-state index contributed by atoms with van der Waals surface area (Å²) in [5, 5.41) is 12.1. The number of rotatable bonds is 7. The van der Waals surface area contributed by atoms with Gasteiger partial charge >= 0.3 is 0 Å². The first-order valence-corrected chi connectivity index (χ1v) is 7.92. The van der Waals surface area contributed by atoms with E-state index in [1.54, 1.807) is 36.4 Å². The second kappa shape index (κ2) is 9.15. The van der Waals surface area contributed by atoms with Crippen LogP contribution in [-0.2, 0) is 4.79 Å². The summed E-state index contributed by atoms with van der Waals surface area (Å²) < 4.78 is 20.8. The average molecular weight is 368 g/mol. The van der Waals surface area contributed by atoms with Crippen molar-refractivity contribution in [1.82, 2.24) is 0 Å². The fraction of sp³-hybridized carbons (Fsp3) is 0.200. The van der Waals surface area contributed by atoms with E-state index in [1.165, 1.54) is 34.5 Å². The molecule has 140 valence electrons. The third-order valence-corrected chi connectivity index (χ3v) is 3.69. The van der Waals surface area contributed by atoms with E-state index in [4.69, 9.17) is 18.9 Å². The molecule has 0 radical (unpaired) electrons. The number of nitrogens with zero attached hydrogens (tertiary/aromatic N) is 1. The number of nitrogens with one attached hydrogen (secondary N) is 1. The third-order valence-electron chi connectivity index (χ3n) is 3.69. The minimum Gasteiger partial charge on any atom is -0.497 e. The first kappa shape index (κ1) is 19.7. The van der Waals surface area contributed by atoms with Crippen LogP contribution in [0.1, 0.15) is 5.56 Å². The van der Waals surface area contributed by atoms with Crippen LogP contribution in [0.5, 0.6) is 23.0 Å². The standard InChI is InChI=1S/C20H20N2O5/c1-24-16-8-13(9-17(11-16)25-2)7-14(12-21)20(23)22-15-5-6-18(26-3)19(10-15)27-4/h5-11H,1-4H3,(H,22,23)/b14-7+. The Morgan fingerprint density at radius 2 is 1.56 bits per heavy atom. The molecular weight excluding hydrogens is 348 g/mol. The second-order valence-corrected chi connectivity index (χ2v) is 5.34. The summed E-state index contributed by atoms with van der Waals surface area (Å²) in [6.07, 6.45) is 1.46. The van der Waals surface area contributed by atoms with Crippen LogP contribution < -0.4 is 24.3 Å². The van der Waals surface area contributed by atoms with Gasteiger partial charge in [-0.3, -0.25) is 4.79 Å². The van der Waals surface area contributed by atoms with Crippen LogP contribution in [-0.4, -0.2) is 34.3 Å². The quantitative estimate of drug-likeness (QED) is 0.596. The van der Waals surface area contributed by atoms with E-state index >= 15 is 0 Å². The van der Waals surface area contributed by atoms with Crippen LogP contribution in [0.15, 0.2) is 42.0 Å². The lowest BCUT2D eigenvalue weighted by molar-refractivity contribution is -0.112. The van der Waals surface area contributed by atoms with Gasteiger partial charge in [-0.15, -0.1) is 0 Å². The van der Waals surface area contributed by atoms with Gasteiger partial charge in [0.1, 0.15) is 23.1 Å². The molecular formula is C20H20N2O5. The maximum Gasteiger partial charge on any atom is 0.266 e. The Morgan fingerprint density at radius 3 is 2.07 bits per heavy atom. The van der Waals surface area contributed by atoms with Crippen molar-refractivity contribution < 1.29 is 23.7 Å². The molecule has 0 atom stereocenters. The van der Waals surface area contributed by atoms with Crippen molar-refractivity contribution >= 4 is 17.7 Å². The number of amides is 1. The van der Waals surface area contributed by atoms with Gasteiger partial charge in [0.25, 0.3) is 5.91 Å². The first-order chi connectivity index (χ1) is 13.0. The molecule has 7 nitrogen and oxygen atoms in total. The summed E-state index contributed by atoms with van der Waals surface area (Å²) in [6.45, 7) is 0. The van der Waals surface area contributed by atoms with Crippen LogP contribution in [0.3, 0.4) is 0 Å². The van der Waals surface area contributed by atoms with Crippen molar-refractivity contribution in [2.75, 3.05) is 33.8 Å². The molecule has 0 spiro atoms. The van der Waals surface area contributed by atoms with Crippen LogP contribution in [0.2, 0.25) is 0 Å². The lowest BCUT2D eigenvalue weighted by atomic mass is 10.1. The van der Waals surface area contributed by atoms with Gasteiger partial charge in [0.15, 0.2) is 11.5 Å². The zero-order valence-electron chi connectivity index (χ0n) is 15.5. The highest BCUT2D eigenvalue weighted by atomic mass is 16.5. The summed E-state index contributed by atoms with van der Waals surface area (Å²) in [5.74, 6) is 1.56. The van der Waals surface area contributed by atoms with Crippen molar-refractivity contribution in [2.45, 2.75) is 0 Å². The lowest BCUT2D eigenvalue weighted by Gasteiger charge is -2.10. The van der Waals surface area contributed by atoms with Gasteiger partial charge < -0.3 is 24.3 Å². The minimum absolute atomic E-state index is 0.0694. The van der Waals surface area contributed by atoms with Gasteiger partial charge in [-0.25, -0.2) is 0 Å². The molecule has 0 bridgehead atoms. The Labute approximate surface area is 157 Å². The first-order valence-electron chi connectivity index (χ1n) is 7.92. The minimum atomic E-state index is -0.550. The zero-order valence-corrected chi connectivity index (χ0v) is 15.5. The molecule has 0 aliphatic rings. The third kappa shape index (κ3) is 4.92. The van der Waals surface area contributed by atoms with Crippen molar-refractivity contribution in [3.8, 4) is 29.1 Å². The Hall–Kier alpha value is -3.66. The van der Waals surface area contributed by atoms with E-state index in [9.17, 15) is 10.1 Å². The Morgan fingerprint density at radius 1 is 0.926 bits per heavy atom.